The van der Waals surface area contributed by atoms with Gasteiger partial charge in [0.2, 0.25) is 0 Å². The SMILES string of the molecule is O=C(Nc1ccccc1-c1ccccc1)OC1CCN(CCN2CCc3cc(CCNC[C@H](O)c4ccc(O)c5[nH]c(=O)sc45)ccc3C2=O)CC1. The van der Waals surface area contributed by atoms with Gasteiger partial charge in [0, 0.05) is 56.0 Å². The van der Waals surface area contributed by atoms with Gasteiger partial charge in [-0.15, -0.1) is 0 Å². The number of fused-ring (bicyclic) bond motifs is 2. The van der Waals surface area contributed by atoms with Gasteiger partial charge in [-0.05, 0) is 67.1 Å². The normalized spacial score (nSPS) is 15.8. The minimum atomic E-state index is -0.831. The van der Waals surface area contributed by atoms with Gasteiger partial charge in [-0.3, -0.25) is 14.9 Å². The van der Waals surface area contributed by atoms with Crippen molar-refractivity contribution >= 4 is 39.2 Å². The first-order chi connectivity index (χ1) is 25.3. The van der Waals surface area contributed by atoms with Gasteiger partial charge in [-0.2, -0.15) is 0 Å². The Balaban J connectivity index is 0.828. The lowest BCUT2D eigenvalue weighted by atomic mass is 9.95. The van der Waals surface area contributed by atoms with Crippen LogP contribution in [0.25, 0.3) is 21.3 Å². The summed E-state index contributed by atoms with van der Waals surface area (Å²) in [7, 11) is 0. The highest BCUT2D eigenvalue weighted by Crippen LogP contribution is 2.31. The van der Waals surface area contributed by atoms with Crippen LogP contribution >= 0.6 is 11.3 Å². The number of aromatic amines is 1. The first-order valence-corrected chi connectivity index (χ1v) is 18.6. The number of hydrogen-bond acceptors (Lipinski definition) is 9. The molecule has 0 bridgehead atoms. The third-order valence-corrected chi connectivity index (χ3v) is 10.9. The number of nitrogens with one attached hydrogen (secondary N) is 3. The molecule has 0 radical (unpaired) electrons. The van der Waals surface area contributed by atoms with Crippen molar-refractivity contribution in [3.8, 4) is 16.9 Å². The van der Waals surface area contributed by atoms with E-state index in [2.05, 4.69) is 26.6 Å². The number of nitrogens with zero attached hydrogens (tertiary/aromatic N) is 2. The highest BCUT2D eigenvalue weighted by Gasteiger charge is 2.27. The maximum absolute atomic E-state index is 13.4. The number of hydrogen-bond donors (Lipinski definition) is 5. The number of likely N-dealkylation sites (tertiary alicyclic amines) is 1. The van der Waals surface area contributed by atoms with Crippen molar-refractivity contribution in [3.63, 3.8) is 0 Å². The first-order valence-electron chi connectivity index (χ1n) is 17.8. The highest BCUT2D eigenvalue weighted by molar-refractivity contribution is 7.16. The molecule has 1 saturated heterocycles. The molecule has 1 aromatic heterocycles. The van der Waals surface area contributed by atoms with Crippen molar-refractivity contribution in [3.05, 3.63) is 117 Å². The average molecular weight is 722 g/mol. The molecular weight excluding hydrogens is 679 g/mol. The molecule has 4 aromatic carbocycles. The van der Waals surface area contributed by atoms with Gasteiger partial charge in [-0.25, -0.2) is 4.79 Å². The van der Waals surface area contributed by atoms with Crippen LogP contribution in [0, 0.1) is 0 Å². The number of para-hydroxylation sites is 1. The number of anilines is 1. The Morgan fingerprint density at radius 2 is 1.73 bits per heavy atom. The molecule has 3 heterocycles. The van der Waals surface area contributed by atoms with E-state index in [0.717, 1.165) is 90.2 Å². The molecule has 5 aromatic rings. The molecule has 12 heteroatoms. The summed E-state index contributed by atoms with van der Waals surface area (Å²) >= 11 is 0.973. The van der Waals surface area contributed by atoms with Crippen molar-refractivity contribution in [2.45, 2.75) is 37.9 Å². The third kappa shape index (κ3) is 8.21. The zero-order valence-electron chi connectivity index (χ0n) is 28.8. The van der Waals surface area contributed by atoms with Gasteiger partial charge < -0.3 is 35.1 Å². The predicted octanol–water partition coefficient (Wildman–Crippen LogP) is 5.54. The monoisotopic (exact) mass is 721 g/mol. The van der Waals surface area contributed by atoms with E-state index < -0.39 is 12.2 Å². The second-order valence-electron chi connectivity index (χ2n) is 13.4. The van der Waals surface area contributed by atoms with Crippen molar-refractivity contribution in [2.24, 2.45) is 0 Å². The standard InChI is InChI=1S/C40H43N5O6S/c46-34-13-12-32(37-36(34)43-40(50)52-37)35(47)25-41-18-14-26-10-11-31-28(24-26)15-21-45(38(31)48)23-22-44-19-16-29(17-20-44)51-39(49)42-33-9-5-4-8-30(33)27-6-2-1-3-7-27/h1-13,24,29,35,41,46-47H,14-23,25H2,(H,42,49)(H,43,50)/t35-/m0/s1. The van der Waals surface area contributed by atoms with Crippen molar-refractivity contribution < 1.29 is 24.5 Å². The number of aliphatic hydroxyl groups excluding tert-OH is 1. The minimum Gasteiger partial charge on any atom is -0.506 e. The van der Waals surface area contributed by atoms with Crippen LogP contribution in [-0.4, -0.2) is 88.9 Å². The molecule has 0 aliphatic carbocycles. The average Bonchev–Trinajstić information content (AvgIpc) is 3.56. The number of amides is 2. The summed E-state index contributed by atoms with van der Waals surface area (Å²) in [6.07, 6.45) is 1.61. The van der Waals surface area contributed by atoms with Crippen LogP contribution in [0.2, 0.25) is 0 Å². The minimum absolute atomic E-state index is 0.0149. The van der Waals surface area contributed by atoms with Crippen LogP contribution in [0.3, 0.4) is 0 Å². The molecule has 270 valence electrons. The zero-order valence-corrected chi connectivity index (χ0v) is 29.7. The number of ether oxygens (including phenoxy) is 1. The fourth-order valence-corrected chi connectivity index (χ4v) is 8.03. The number of aromatic hydroxyl groups is 1. The van der Waals surface area contributed by atoms with Gasteiger partial charge in [0.15, 0.2) is 0 Å². The Hall–Kier alpha value is -5.01. The van der Waals surface area contributed by atoms with Crippen molar-refractivity contribution in [2.75, 3.05) is 51.1 Å². The molecule has 1 atom stereocenters. The molecular formula is C40H43N5O6S. The molecule has 0 unspecified atom stereocenters. The van der Waals surface area contributed by atoms with Crippen LogP contribution < -0.4 is 15.5 Å². The number of piperidine rings is 1. The number of phenols is 1. The van der Waals surface area contributed by atoms with E-state index in [1.807, 2.05) is 71.6 Å². The maximum Gasteiger partial charge on any atom is 0.411 e. The third-order valence-electron chi connectivity index (χ3n) is 9.96. The summed E-state index contributed by atoms with van der Waals surface area (Å²) in [5.41, 5.74) is 6.58. The van der Waals surface area contributed by atoms with Crippen LogP contribution in [-0.2, 0) is 17.6 Å². The molecule has 0 spiro atoms. The number of carbonyl (C=O) groups excluding carboxylic acids is 2. The van der Waals surface area contributed by atoms with E-state index in [1.165, 1.54) is 6.07 Å². The van der Waals surface area contributed by atoms with Gasteiger partial charge >= 0.3 is 11.0 Å². The molecule has 2 aliphatic heterocycles. The molecule has 1 fully saturated rings. The predicted molar refractivity (Wildman–Crippen MR) is 203 cm³/mol. The van der Waals surface area contributed by atoms with E-state index in [4.69, 9.17) is 4.74 Å². The smallest absolute Gasteiger partial charge is 0.411 e. The summed E-state index contributed by atoms with van der Waals surface area (Å²) in [6.45, 7) is 4.65. The number of aliphatic hydroxyl groups is 1. The summed E-state index contributed by atoms with van der Waals surface area (Å²) in [5.74, 6) is 0.0471. The number of rotatable bonds is 12. The number of benzene rings is 4. The Kier molecular flexibility index (Phi) is 11.0. The maximum atomic E-state index is 13.4. The van der Waals surface area contributed by atoms with Crippen molar-refractivity contribution in [1.29, 1.82) is 0 Å². The lowest BCUT2D eigenvalue weighted by molar-refractivity contribution is 0.0517. The second-order valence-corrected chi connectivity index (χ2v) is 14.4. The Bertz CT molecular complexity index is 2090. The molecule has 5 N–H and O–H groups in total. The Morgan fingerprint density at radius 1 is 0.942 bits per heavy atom. The topological polar surface area (TPSA) is 147 Å². The van der Waals surface area contributed by atoms with E-state index in [-0.39, 0.29) is 22.6 Å². The Morgan fingerprint density at radius 3 is 2.56 bits per heavy atom. The summed E-state index contributed by atoms with van der Waals surface area (Å²) in [4.78, 5) is 44.6. The Labute approximate surface area is 305 Å². The molecule has 2 aliphatic rings. The lowest BCUT2D eigenvalue weighted by Crippen LogP contribution is -2.45. The fraction of sp³-hybridized carbons (Fsp3) is 0.325. The van der Waals surface area contributed by atoms with E-state index in [1.54, 1.807) is 6.07 Å². The van der Waals surface area contributed by atoms with Crippen molar-refractivity contribution in [1.82, 2.24) is 20.1 Å². The second kappa shape index (κ2) is 16.1. The summed E-state index contributed by atoms with van der Waals surface area (Å²) in [6, 6.07) is 26.8. The quantitative estimate of drug-likeness (QED) is 0.106. The van der Waals surface area contributed by atoms with Gasteiger partial charge in [-0.1, -0.05) is 78.1 Å². The van der Waals surface area contributed by atoms with Crippen LogP contribution in [0.4, 0.5) is 10.5 Å². The fourth-order valence-electron chi connectivity index (χ4n) is 7.11. The zero-order chi connectivity index (χ0) is 36.0. The molecule has 11 nitrogen and oxygen atoms in total. The van der Waals surface area contributed by atoms with E-state index >= 15 is 0 Å². The van der Waals surface area contributed by atoms with Gasteiger partial charge in [0.05, 0.1) is 16.5 Å². The largest absolute Gasteiger partial charge is 0.506 e. The molecule has 52 heavy (non-hydrogen) atoms. The van der Waals surface area contributed by atoms with Gasteiger partial charge in [0.1, 0.15) is 17.4 Å². The summed E-state index contributed by atoms with van der Waals surface area (Å²) in [5, 5.41) is 27.0. The van der Waals surface area contributed by atoms with E-state index in [0.29, 0.717) is 42.0 Å². The lowest BCUT2D eigenvalue weighted by Gasteiger charge is -2.34. The highest BCUT2D eigenvalue weighted by atomic mass is 32.1. The molecule has 0 saturated carbocycles. The summed E-state index contributed by atoms with van der Waals surface area (Å²) < 4.78 is 6.36. The number of carbonyl (C=O) groups is 2. The van der Waals surface area contributed by atoms with Crippen LogP contribution in [0.1, 0.15) is 46.0 Å². The molecule has 7 rings (SSSR count). The van der Waals surface area contributed by atoms with Crippen LogP contribution in [0.15, 0.2) is 89.7 Å². The number of H-pyrrole nitrogens is 1. The number of phenolic OH excluding ortho intramolecular Hbond substituents is 1. The molecule has 2 amide bonds. The van der Waals surface area contributed by atoms with Crippen LogP contribution in [0.5, 0.6) is 5.75 Å². The number of aromatic nitrogens is 1. The number of thiazole rings is 1. The van der Waals surface area contributed by atoms with Gasteiger partial charge in [0.25, 0.3) is 5.91 Å². The first kappa shape index (κ1) is 35.4. The van der Waals surface area contributed by atoms with E-state index in [9.17, 15) is 24.6 Å².